The molecule has 0 radical (unpaired) electrons. The van der Waals surface area contributed by atoms with Crippen LogP contribution in [0.2, 0.25) is 0 Å². The summed E-state index contributed by atoms with van der Waals surface area (Å²) in [5.41, 5.74) is 1.94. The highest BCUT2D eigenvalue weighted by molar-refractivity contribution is 7.99. The molecule has 1 N–H and O–H groups in total. The quantitative estimate of drug-likeness (QED) is 0.751. The number of rotatable bonds is 3. The molecule has 4 rings (SSSR count). The highest BCUT2D eigenvalue weighted by atomic mass is 32.2. The summed E-state index contributed by atoms with van der Waals surface area (Å²) < 4.78 is 1.97. The average molecular weight is 301 g/mol. The Morgan fingerprint density at radius 2 is 2.10 bits per heavy atom. The lowest BCUT2D eigenvalue weighted by molar-refractivity contribution is -0.127. The molecule has 0 unspecified atom stereocenters. The van der Waals surface area contributed by atoms with Gasteiger partial charge in [0, 0.05) is 13.1 Å². The number of thioether (sulfide) groups is 1. The van der Waals surface area contributed by atoms with E-state index >= 15 is 0 Å². The molecular formula is C14H15N5OS. The summed E-state index contributed by atoms with van der Waals surface area (Å²) in [4.78, 5) is 18.5. The molecule has 0 aliphatic carbocycles. The Morgan fingerprint density at radius 3 is 2.95 bits per heavy atom. The van der Waals surface area contributed by atoms with Gasteiger partial charge in [0.15, 0.2) is 5.16 Å². The molecule has 1 saturated heterocycles. The third-order valence-corrected chi connectivity index (χ3v) is 4.71. The number of para-hydroxylation sites is 2. The second kappa shape index (κ2) is 5.07. The number of nitrogens with zero attached hydrogens (tertiary/aromatic N) is 4. The van der Waals surface area contributed by atoms with Gasteiger partial charge in [-0.15, -0.1) is 5.10 Å². The number of hydrogen-bond donors (Lipinski definition) is 1. The lowest BCUT2D eigenvalue weighted by Crippen LogP contribution is -2.29. The number of H-pyrrole nitrogens is 1. The van der Waals surface area contributed by atoms with Gasteiger partial charge in [0.25, 0.3) is 0 Å². The zero-order valence-electron chi connectivity index (χ0n) is 11.5. The minimum atomic E-state index is 0.193. The van der Waals surface area contributed by atoms with Crippen molar-refractivity contribution in [1.82, 2.24) is 24.5 Å². The molecule has 1 aliphatic heterocycles. The molecule has 1 aliphatic rings. The van der Waals surface area contributed by atoms with E-state index in [1.807, 2.05) is 33.6 Å². The maximum absolute atomic E-state index is 12.1. The van der Waals surface area contributed by atoms with E-state index in [-0.39, 0.29) is 5.91 Å². The van der Waals surface area contributed by atoms with Crippen LogP contribution in [0.25, 0.3) is 16.8 Å². The molecule has 6 nitrogen and oxygen atoms in total. The first-order valence-electron chi connectivity index (χ1n) is 7.05. The first kappa shape index (κ1) is 12.7. The van der Waals surface area contributed by atoms with Crippen LogP contribution in [0.5, 0.6) is 0 Å². The standard InChI is InChI=1S/C14H15N5OS/c20-12(18-7-3-4-8-18)9-21-14-17-16-13-15-10-5-1-2-6-11(10)19(13)14/h1-2,5-6H,3-4,7-9H2,(H,15,16). The molecular weight excluding hydrogens is 286 g/mol. The van der Waals surface area contributed by atoms with E-state index in [2.05, 4.69) is 15.2 Å². The number of benzene rings is 1. The van der Waals surface area contributed by atoms with Crippen LogP contribution in [0.4, 0.5) is 0 Å². The van der Waals surface area contributed by atoms with Gasteiger partial charge in [0.1, 0.15) is 0 Å². The molecule has 0 saturated carbocycles. The van der Waals surface area contributed by atoms with Crippen LogP contribution in [-0.2, 0) is 4.79 Å². The number of carbonyl (C=O) groups excluding carboxylic acids is 1. The van der Waals surface area contributed by atoms with Gasteiger partial charge in [0.2, 0.25) is 11.7 Å². The predicted molar refractivity (Wildman–Crippen MR) is 81.4 cm³/mol. The van der Waals surface area contributed by atoms with Crippen LogP contribution in [-0.4, -0.2) is 49.2 Å². The highest BCUT2D eigenvalue weighted by Crippen LogP contribution is 2.23. The fraction of sp³-hybridized carbons (Fsp3) is 0.357. The van der Waals surface area contributed by atoms with E-state index in [0.29, 0.717) is 11.5 Å². The summed E-state index contributed by atoms with van der Waals surface area (Å²) in [6.07, 6.45) is 2.24. The third kappa shape index (κ3) is 2.17. The van der Waals surface area contributed by atoms with Crippen molar-refractivity contribution >= 4 is 34.5 Å². The van der Waals surface area contributed by atoms with Crippen molar-refractivity contribution in [2.45, 2.75) is 18.0 Å². The topological polar surface area (TPSA) is 66.3 Å². The van der Waals surface area contributed by atoms with Crippen LogP contribution < -0.4 is 0 Å². The van der Waals surface area contributed by atoms with Gasteiger partial charge in [-0.25, -0.2) is 10.1 Å². The van der Waals surface area contributed by atoms with Crippen LogP contribution in [0.1, 0.15) is 12.8 Å². The molecule has 0 spiro atoms. The Balaban J connectivity index is 1.60. The number of aromatic nitrogens is 4. The lowest BCUT2D eigenvalue weighted by atomic mass is 10.3. The molecule has 21 heavy (non-hydrogen) atoms. The molecule has 1 aromatic carbocycles. The number of imidazole rings is 1. The van der Waals surface area contributed by atoms with Crippen molar-refractivity contribution in [3.05, 3.63) is 24.3 Å². The largest absolute Gasteiger partial charge is 0.342 e. The van der Waals surface area contributed by atoms with Gasteiger partial charge in [-0.2, -0.15) is 0 Å². The Labute approximate surface area is 125 Å². The molecule has 2 aromatic heterocycles. The van der Waals surface area contributed by atoms with Crippen molar-refractivity contribution in [2.75, 3.05) is 18.8 Å². The van der Waals surface area contributed by atoms with Gasteiger partial charge in [-0.05, 0) is 25.0 Å². The maximum atomic E-state index is 12.1. The zero-order valence-corrected chi connectivity index (χ0v) is 12.3. The van der Waals surface area contributed by atoms with Crippen molar-refractivity contribution in [1.29, 1.82) is 0 Å². The molecule has 3 aromatic rings. The average Bonchev–Trinajstić information content (AvgIpc) is 3.21. The van der Waals surface area contributed by atoms with Crippen LogP contribution >= 0.6 is 11.8 Å². The normalized spacial score (nSPS) is 15.3. The van der Waals surface area contributed by atoms with Crippen molar-refractivity contribution < 1.29 is 4.79 Å². The van der Waals surface area contributed by atoms with E-state index < -0.39 is 0 Å². The smallest absolute Gasteiger partial charge is 0.233 e. The number of likely N-dealkylation sites (tertiary alicyclic amines) is 1. The van der Waals surface area contributed by atoms with Crippen LogP contribution in [0, 0.1) is 0 Å². The van der Waals surface area contributed by atoms with Crippen LogP contribution in [0.15, 0.2) is 29.4 Å². The van der Waals surface area contributed by atoms with E-state index in [1.165, 1.54) is 11.8 Å². The fourth-order valence-electron chi connectivity index (χ4n) is 2.72. The van der Waals surface area contributed by atoms with Crippen LogP contribution in [0.3, 0.4) is 0 Å². The molecule has 0 bridgehead atoms. The molecule has 0 atom stereocenters. The zero-order chi connectivity index (χ0) is 14.2. The minimum Gasteiger partial charge on any atom is -0.342 e. The maximum Gasteiger partial charge on any atom is 0.233 e. The summed E-state index contributed by atoms with van der Waals surface area (Å²) >= 11 is 1.46. The number of nitrogens with one attached hydrogen (secondary N) is 1. The first-order valence-corrected chi connectivity index (χ1v) is 8.03. The second-order valence-electron chi connectivity index (χ2n) is 5.14. The van der Waals surface area contributed by atoms with Gasteiger partial charge in [-0.3, -0.25) is 9.20 Å². The van der Waals surface area contributed by atoms with Gasteiger partial charge >= 0.3 is 0 Å². The molecule has 1 amide bonds. The Hall–Kier alpha value is -2.02. The number of hydrogen-bond acceptors (Lipinski definition) is 4. The number of amides is 1. The summed E-state index contributed by atoms with van der Waals surface area (Å²) in [7, 11) is 0. The second-order valence-corrected chi connectivity index (χ2v) is 6.08. The molecule has 7 heteroatoms. The fourth-order valence-corrected chi connectivity index (χ4v) is 3.58. The molecule has 108 valence electrons. The Morgan fingerprint density at radius 1 is 1.29 bits per heavy atom. The summed E-state index contributed by atoms with van der Waals surface area (Å²) in [5.74, 6) is 1.33. The van der Waals surface area contributed by atoms with E-state index in [9.17, 15) is 4.79 Å². The number of carbonyl (C=O) groups is 1. The predicted octanol–water partition coefficient (Wildman–Crippen LogP) is 1.93. The summed E-state index contributed by atoms with van der Waals surface area (Å²) in [6.45, 7) is 1.78. The molecule has 3 heterocycles. The third-order valence-electron chi connectivity index (χ3n) is 3.79. The van der Waals surface area contributed by atoms with Gasteiger partial charge < -0.3 is 4.90 Å². The summed E-state index contributed by atoms with van der Waals surface area (Å²) in [6, 6.07) is 7.93. The Kier molecular flexibility index (Phi) is 3.07. The van der Waals surface area contributed by atoms with E-state index in [0.717, 1.165) is 42.1 Å². The Bertz CT molecular complexity index is 802. The van der Waals surface area contributed by atoms with Crippen molar-refractivity contribution in [2.24, 2.45) is 0 Å². The number of aromatic amines is 1. The summed E-state index contributed by atoms with van der Waals surface area (Å²) in [5, 5.41) is 7.98. The molecule has 1 fully saturated rings. The lowest BCUT2D eigenvalue weighted by Gasteiger charge is -2.14. The van der Waals surface area contributed by atoms with Crippen molar-refractivity contribution in [3.8, 4) is 0 Å². The first-order chi connectivity index (χ1) is 10.3. The van der Waals surface area contributed by atoms with Crippen molar-refractivity contribution in [3.63, 3.8) is 0 Å². The minimum absolute atomic E-state index is 0.193. The van der Waals surface area contributed by atoms with E-state index in [4.69, 9.17) is 0 Å². The SMILES string of the molecule is O=C(CSc1n[nH]c2nc3ccccc3n12)N1CCCC1. The van der Waals surface area contributed by atoms with Gasteiger partial charge in [-0.1, -0.05) is 23.9 Å². The number of fused-ring (bicyclic) bond motifs is 3. The van der Waals surface area contributed by atoms with E-state index in [1.54, 1.807) is 0 Å². The monoisotopic (exact) mass is 301 g/mol. The highest BCUT2D eigenvalue weighted by Gasteiger charge is 2.19. The van der Waals surface area contributed by atoms with Gasteiger partial charge in [0.05, 0.1) is 16.8 Å².